The van der Waals surface area contributed by atoms with E-state index in [0.717, 1.165) is 28.8 Å². The molecule has 1 saturated heterocycles. The van der Waals surface area contributed by atoms with E-state index in [9.17, 15) is 18.0 Å². The zero-order valence-corrected chi connectivity index (χ0v) is 15.0. The smallest absolute Gasteiger partial charge is 0.416 e. The first-order chi connectivity index (χ1) is 12.7. The van der Waals surface area contributed by atoms with Gasteiger partial charge < -0.3 is 5.11 Å². The van der Waals surface area contributed by atoms with E-state index in [4.69, 9.17) is 5.11 Å². The van der Waals surface area contributed by atoms with Gasteiger partial charge in [-0.25, -0.2) is 0 Å². The third-order valence-corrected chi connectivity index (χ3v) is 4.92. The minimum atomic E-state index is -4.35. The molecule has 0 unspecified atom stereocenters. The van der Waals surface area contributed by atoms with Crippen molar-refractivity contribution >= 4 is 5.97 Å². The van der Waals surface area contributed by atoms with Crippen molar-refractivity contribution in [2.45, 2.75) is 32.5 Å². The Kier molecular flexibility index (Phi) is 5.51. The zero-order chi connectivity index (χ0) is 19.6. The van der Waals surface area contributed by atoms with Gasteiger partial charge >= 0.3 is 12.1 Å². The molecular weight excluding hydrogens is 357 g/mol. The van der Waals surface area contributed by atoms with Gasteiger partial charge in [0, 0.05) is 31.5 Å². The van der Waals surface area contributed by atoms with Gasteiger partial charge in [0.05, 0.1) is 11.5 Å². The molecule has 1 fully saturated rings. The first-order valence-electron chi connectivity index (χ1n) is 8.78. The fourth-order valence-corrected chi connectivity index (χ4v) is 3.25. The number of likely N-dealkylation sites (tertiary alicyclic amines) is 1. The number of carboxylic acids is 1. The van der Waals surface area contributed by atoms with E-state index in [1.165, 1.54) is 6.20 Å². The van der Waals surface area contributed by atoms with Crippen LogP contribution in [0.1, 0.15) is 27.9 Å². The summed E-state index contributed by atoms with van der Waals surface area (Å²) < 4.78 is 38.3. The molecule has 1 aliphatic rings. The largest absolute Gasteiger partial charge is 0.481 e. The molecule has 2 aromatic rings. The van der Waals surface area contributed by atoms with Gasteiger partial charge in [0.2, 0.25) is 0 Å². The van der Waals surface area contributed by atoms with Gasteiger partial charge in [-0.15, -0.1) is 0 Å². The molecule has 0 radical (unpaired) electrons. The molecule has 3 rings (SSSR count). The minimum Gasteiger partial charge on any atom is -0.481 e. The number of nitrogens with zero attached hydrogens (tertiary/aromatic N) is 2. The Morgan fingerprint density at radius 2 is 1.96 bits per heavy atom. The number of carboxylic acid groups (broad SMARTS) is 1. The summed E-state index contributed by atoms with van der Waals surface area (Å²) in [6.07, 6.45) is -2.11. The van der Waals surface area contributed by atoms with Gasteiger partial charge in [-0.2, -0.15) is 13.2 Å². The summed E-state index contributed by atoms with van der Waals surface area (Å²) in [4.78, 5) is 17.0. The molecule has 1 aromatic heterocycles. The van der Waals surface area contributed by atoms with Crippen LogP contribution in [0.2, 0.25) is 0 Å². The van der Waals surface area contributed by atoms with E-state index in [1.807, 2.05) is 25.1 Å². The molecule has 144 valence electrons. The molecule has 0 spiro atoms. The number of hydrogen-bond acceptors (Lipinski definition) is 3. The summed E-state index contributed by atoms with van der Waals surface area (Å²) in [6.45, 7) is 3.84. The topological polar surface area (TPSA) is 53.4 Å². The van der Waals surface area contributed by atoms with Crippen LogP contribution < -0.4 is 0 Å². The summed E-state index contributed by atoms with van der Waals surface area (Å²) in [5, 5.41) is 8.93. The van der Waals surface area contributed by atoms with E-state index < -0.39 is 17.7 Å². The number of pyridine rings is 1. The van der Waals surface area contributed by atoms with Crippen molar-refractivity contribution in [3.05, 3.63) is 64.5 Å². The van der Waals surface area contributed by atoms with E-state index in [0.29, 0.717) is 38.2 Å². The number of halogens is 3. The highest BCUT2D eigenvalue weighted by molar-refractivity contribution is 5.71. The second-order valence-electron chi connectivity index (χ2n) is 7.02. The molecule has 2 heterocycles. The van der Waals surface area contributed by atoms with Crippen LogP contribution in [0.3, 0.4) is 0 Å². The average molecular weight is 378 g/mol. The molecule has 4 nitrogen and oxygen atoms in total. The van der Waals surface area contributed by atoms with Crippen molar-refractivity contribution in [3.63, 3.8) is 0 Å². The lowest BCUT2D eigenvalue weighted by Crippen LogP contribution is -2.49. The first kappa shape index (κ1) is 19.4. The number of rotatable bonds is 6. The maximum atomic E-state index is 12.8. The standard InChI is InChI=1S/C20H21F3N2O2/c1-13-8-14(2-4-15(13)10-25-11-16(12-25)19(26)27)3-5-18-9-17(6-7-24-18)20(21,22)23/h2,4,6-9,16H,3,5,10-12H2,1H3,(H,26,27). The SMILES string of the molecule is Cc1cc(CCc2cc(C(F)(F)F)ccn2)ccc1CN1CC(C(=O)O)C1. The third kappa shape index (κ3) is 4.86. The van der Waals surface area contributed by atoms with E-state index in [-0.39, 0.29) is 5.92 Å². The van der Waals surface area contributed by atoms with Crippen LogP contribution in [0, 0.1) is 12.8 Å². The lowest BCUT2D eigenvalue weighted by Gasteiger charge is -2.36. The van der Waals surface area contributed by atoms with Crippen LogP contribution in [0.5, 0.6) is 0 Å². The fourth-order valence-electron chi connectivity index (χ4n) is 3.25. The number of alkyl halides is 3. The van der Waals surface area contributed by atoms with Gasteiger partial charge in [-0.05, 0) is 48.6 Å². The summed E-state index contributed by atoms with van der Waals surface area (Å²) >= 11 is 0. The number of benzene rings is 1. The third-order valence-electron chi connectivity index (χ3n) is 4.92. The van der Waals surface area contributed by atoms with Crippen LogP contribution in [0.25, 0.3) is 0 Å². The normalized spacial score (nSPS) is 15.6. The number of hydrogen-bond donors (Lipinski definition) is 1. The molecule has 1 N–H and O–H groups in total. The molecule has 0 aliphatic carbocycles. The number of aliphatic carboxylic acids is 1. The van der Waals surface area contributed by atoms with Crippen LogP contribution in [0.4, 0.5) is 13.2 Å². The Balaban J connectivity index is 1.58. The summed E-state index contributed by atoms with van der Waals surface area (Å²) in [6, 6.07) is 8.11. The Hall–Kier alpha value is -2.41. The predicted molar refractivity (Wildman–Crippen MR) is 94.2 cm³/mol. The molecule has 0 bridgehead atoms. The quantitative estimate of drug-likeness (QED) is 0.833. The number of aryl methyl sites for hydroxylation is 3. The van der Waals surface area contributed by atoms with Crippen molar-refractivity contribution in [2.75, 3.05) is 13.1 Å². The van der Waals surface area contributed by atoms with Crippen LogP contribution in [-0.2, 0) is 30.4 Å². The van der Waals surface area contributed by atoms with Crippen molar-refractivity contribution < 1.29 is 23.1 Å². The van der Waals surface area contributed by atoms with Crippen LogP contribution >= 0.6 is 0 Å². The first-order valence-corrected chi connectivity index (χ1v) is 8.78. The molecule has 27 heavy (non-hydrogen) atoms. The van der Waals surface area contributed by atoms with Crippen LogP contribution in [0.15, 0.2) is 36.5 Å². The molecule has 0 amide bonds. The molecule has 1 aliphatic heterocycles. The highest BCUT2D eigenvalue weighted by Crippen LogP contribution is 2.29. The molecule has 1 aromatic carbocycles. The Labute approximate surface area is 155 Å². The van der Waals surface area contributed by atoms with Crippen molar-refractivity contribution in [1.29, 1.82) is 0 Å². The lowest BCUT2D eigenvalue weighted by molar-refractivity contribution is -0.147. The Bertz CT molecular complexity index is 830. The van der Waals surface area contributed by atoms with Gasteiger partial charge in [0.25, 0.3) is 0 Å². The van der Waals surface area contributed by atoms with E-state index in [1.54, 1.807) is 0 Å². The van der Waals surface area contributed by atoms with Crippen molar-refractivity contribution in [3.8, 4) is 0 Å². The Morgan fingerprint density at radius 1 is 1.22 bits per heavy atom. The summed E-state index contributed by atoms with van der Waals surface area (Å²) in [5.74, 6) is -1.02. The van der Waals surface area contributed by atoms with E-state index in [2.05, 4.69) is 9.88 Å². The summed E-state index contributed by atoms with van der Waals surface area (Å²) in [5.41, 5.74) is 3.03. The van der Waals surface area contributed by atoms with Gasteiger partial charge in [0.1, 0.15) is 0 Å². The second-order valence-corrected chi connectivity index (χ2v) is 7.02. The highest BCUT2D eigenvalue weighted by Gasteiger charge is 2.32. The monoisotopic (exact) mass is 378 g/mol. The predicted octanol–water partition coefficient (Wildman–Crippen LogP) is 3.71. The minimum absolute atomic E-state index is 0.274. The van der Waals surface area contributed by atoms with Crippen LogP contribution in [-0.4, -0.2) is 34.0 Å². The number of carbonyl (C=O) groups is 1. The molecule has 0 saturated carbocycles. The van der Waals surface area contributed by atoms with E-state index >= 15 is 0 Å². The fraction of sp³-hybridized carbons (Fsp3) is 0.400. The zero-order valence-electron chi connectivity index (χ0n) is 15.0. The molecule has 7 heteroatoms. The lowest BCUT2D eigenvalue weighted by atomic mass is 9.97. The summed E-state index contributed by atoms with van der Waals surface area (Å²) in [7, 11) is 0. The average Bonchev–Trinajstić information content (AvgIpc) is 2.56. The highest BCUT2D eigenvalue weighted by atomic mass is 19.4. The molecular formula is C20H21F3N2O2. The maximum absolute atomic E-state index is 12.8. The molecule has 0 atom stereocenters. The maximum Gasteiger partial charge on any atom is 0.416 e. The number of aromatic nitrogens is 1. The van der Waals surface area contributed by atoms with Crippen molar-refractivity contribution in [1.82, 2.24) is 9.88 Å². The van der Waals surface area contributed by atoms with Gasteiger partial charge in [0.15, 0.2) is 0 Å². The Morgan fingerprint density at radius 3 is 2.59 bits per heavy atom. The van der Waals surface area contributed by atoms with Gasteiger partial charge in [-0.3, -0.25) is 14.7 Å². The van der Waals surface area contributed by atoms with Crippen molar-refractivity contribution in [2.24, 2.45) is 5.92 Å². The van der Waals surface area contributed by atoms with Gasteiger partial charge in [-0.1, -0.05) is 18.2 Å². The second kappa shape index (κ2) is 7.68.